The average Bonchev–Trinajstić information content (AvgIpc) is 2.38. The fourth-order valence-electron chi connectivity index (χ4n) is 1.50. The van der Waals surface area contributed by atoms with Crippen LogP contribution in [0.15, 0.2) is 35.3 Å². The molecule has 1 N–H and O–H groups in total. The quantitative estimate of drug-likeness (QED) is 0.661. The topological polar surface area (TPSA) is 115 Å². The van der Waals surface area contributed by atoms with Crippen LogP contribution in [-0.2, 0) is 0 Å². The number of benzene rings is 1. The summed E-state index contributed by atoms with van der Waals surface area (Å²) in [6, 6.07) is 3.57. The summed E-state index contributed by atoms with van der Waals surface area (Å²) in [5.41, 5.74) is -2.17. The molecule has 0 aliphatic rings. The second-order valence-electron chi connectivity index (χ2n) is 3.70. The molecule has 1 aromatic heterocycles. The highest BCUT2D eigenvalue weighted by Gasteiger charge is 2.14. The fraction of sp³-hybridized carbons (Fsp3) is 0. The first-order valence-corrected chi connectivity index (χ1v) is 5.17. The van der Waals surface area contributed by atoms with Crippen molar-refractivity contribution in [2.24, 2.45) is 0 Å². The molecule has 0 spiro atoms. The number of nitro groups is 1. The van der Waals surface area contributed by atoms with Gasteiger partial charge >= 0.3 is 5.97 Å². The van der Waals surface area contributed by atoms with E-state index in [1.165, 1.54) is 0 Å². The van der Waals surface area contributed by atoms with Gasteiger partial charge in [0.25, 0.3) is 5.69 Å². The highest BCUT2D eigenvalue weighted by atomic mass is 19.1. The zero-order chi connectivity index (χ0) is 14.9. The van der Waals surface area contributed by atoms with Crippen LogP contribution in [0.3, 0.4) is 0 Å². The number of rotatable bonds is 3. The molecule has 0 aliphatic heterocycles. The molecule has 102 valence electrons. The Morgan fingerprint density at radius 2 is 2.10 bits per heavy atom. The second-order valence-corrected chi connectivity index (χ2v) is 3.70. The maximum absolute atomic E-state index is 13.3. The van der Waals surface area contributed by atoms with E-state index in [0.29, 0.717) is 6.07 Å². The number of aromatic nitrogens is 2. The molecule has 2 aromatic rings. The molecule has 9 heteroatoms. The average molecular weight is 279 g/mol. The Balaban J connectivity index is 2.62. The number of carboxylic acid groups (broad SMARTS) is 1. The number of nitrogens with zero attached hydrogens (tertiary/aromatic N) is 3. The highest BCUT2D eigenvalue weighted by molar-refractivity contribution is 5.84. The number of non-ortho nitro benzene ring substituents is 1. The molecule has 0 radical (unpaired) electrons. The van der Waals surface area contributed by atoms with Crippen molar-refractivity contribution in [1.82, 2.24) is 9.78 Å². The molecule has 0 unspecified atom stereocenters. The lowest BCUT2D eigenvalue weighted by Gasteiger charge is -2.05. The SMILES string of the molecule is O=C(O)c1nn(-c2cc(F)cc([N+](=O)[O-])c2)ccc1=O. The smallest absolute Gasteiger partial charge is 0.360 e. The number of halogens is 1. The summed E-state index contributed by atoms with van der Waals surface area (Å²) >= 11 is 0. The molecule has 1 aromatic carbocycles. The summed E-state index contributed by atoms with van der Waals surface area (Å²) in [5, 5.41) is 22.9. The Morgan fingerprint density at radius 3 is 2.70 bits per heavy atom. The van der Waals surface area contributed by atoms with Crippen LogP contribution in [0.25, 0.3) is 5.69 Å². The van der Waals surface area contributed by atoms with Gasteiger partial charge in [0.15, 0.2) is 0 Å². The van der Waals surface area contributed by atoms with E-state index >= 15 is 0 Å². The van der Waals surface area contributed by atoms with E-state index in [2.05, 4.69) is 5.10 Å². The summed E-state index contributed by atoms with van der Waals surface area (Å²) < 4.78 is 14.2. The van der Waals surface area contributed by atoms with Gasteiger partial charge in [0.05, 0.1) is 16.7 Å². The number of carboxylic acids is 1. The minimum atomic E-state index is -1.55. The Morgan fingerprint density at radius 1 is 1.40 bits per heavy atom. The molecule has 0 atom stereocenters. The van der Waals surface area contributed by atoms with Gasteiger partial charge in [-0.05, 0) is 0 Å². The van der Waals surface area contributed by atoms with Crippen molar-refractivity contribution >= 4 is 11.7 Å². The number of aromatic carboxylic acids is 1. The third-order valence-electron chi connectivity index (χ3n) is 2.35. The second kappa shape index (κ2) is 4.88. The van der Waals surface area contributed by atoms with Crippen LogP contribution < -0.4 is 5.43 Å². The van der Waals surface area contributed by atoms with Crippen LogP contribution in [0.4, 0.5) is 10.1 Å². The van der Waals surface area contributed by atoms with Crippen LogP contribution in [0, 0.1) is 15.9 Å². The van der Waals surface area contributed by atoms with Crippen LogP contribution >= 0.6 is 0 Å². The van der Waals surface area contributed by atoms with Gasteiger partial charge in [-0.1, -0.05) is 0 Å². The molecule has 20 heavy (non-hydrogen) atoms. The minimum absolute atomic E-state index is 0.0702. The third-order valence-corrected chi connectivity index (χ3v) is 2.35. The lowest BCUT2D eigenvalue weighted by atomic mass is 10.2. The predicted octanol–water partition coefficient (Wildman–Crippen LogP) is 0.978. The molecular formula is C11H6FN3O5. The Bertz CT molecular complexity index is 771. The van der Waals surface area contributed by atoms with E-state index in [0.717, 1.165) is 29.1 Å². The van der Waals surface area contributed by atoms with Crippen molar-refractivity contribution in [3.05, 3.63) is 62.3 Å². The molecule has 8 nitrogen and oxygen atoms in total. The van der Waals surface area contributed by atoms with Gasteiger partial charge in [0.1, 0.15) is 5.82 Å². The van der Waals surface area contributed by atoms with E-state index in [-0.39, 0.29) is 5.69 Å². The van der Waals surface area contributed by atoms with Crippen LogP contribution in [0.2, 0.25) is 0 Å². The normalized spacial score (nSPS) is 10.2. The lowest BCUT2D eigenvalue weighted by molar-refractivity contribution is -0.385. The number of carbonyl (C=O) groups is 1. The molecule has 1 heterocycles. The molecule has 2 rings (SSSR count). The molecular weight excluding hydrogens is 273 g/mol. The summed E-state index contributed by atoms with van der Waals surface area (Å²) in [4.78, 5) is 31.9. The number of hydrogen-bond acceptors (Lipinski definition) is 5. The van der Waals surface area contributed by atoms with E-state index in [1.54, 1.807) is 0 Å². The maximum Gasteiger partial charge on any atom is 0.360 e. The van der Waals surface area contributed by atoms with Gasteiger partial charge in [-0.25, -0.2) is 13.9 Å². The molecule has 0 saturated carbocycles. The summed E-state index contributed by atoms with van der Waals surface area (Å²) in [7, 11) is 0. The Kier molecular flexibility index (Phi) is 3.25. The molecule has 0 saturated heterocycles. The first-order chi connectivity index (χ1) is 9.38. The third kappa shape index (κ3) is 2.51. The van der Waals surface area contributed by atoms with Crippen molar-refractivity contribution in [3.63, 3.8) is 0 Å². The van der Waals surface area contributed by atoms with Gasteiger partial charge in [-0.15, -0.1) is 0 Å². The number of nitro benzene ring substituents is 1. The first-order valence-electron chi connectivity index (χ1n) is 5.17. The van der Waals surface area contributed by atoms with E-state index in [1.807, 2.05) is 0 Å². The van der Waals surface area contributed by atoms with Crippen molar-refractivity contribution in [2.75, 3.05) is 0 Å². The van der Waals surface area contributed by atoms with Gasteiger partial charge < -0.3 is 5.11 Å². The Labute approximate surface area is 109 Å². The van der Waals surface area contributed by atoms with E-state index < -0.39 is 33.5 Å². The zero-order valence-electron chi connectivity index (χ0n) is 9.69. The van der Waals surface area contributed by atoms with Gasteiger partial charge in [0, 0.05) is 24.4 Å². The minimum Gasteiger partial charge on any atom is -0.476 e. The van der Waals surface area contributed by atoms with E-state index in [4.69, 9.17) is 5.11 Å². The van der Waals surface area contributed by atoms with Crippen molar-refractivity contribution in [1.29, 1.82) is 0 Å². The van der Waals surface area contributed by atoms with Crippen molar-refractivity contribution in [2.45, 2.75) is 0 Å². The van der Waals surface area contributed by atoms with Gasteiger partial charge in [-0.2, -0.15) is 5.10 Å². The highest BCUT2D eigenvalue weighted by Crippen LogP contribution is 2.18. The fourth-order valence-corrected chi connectivity index (χ4v) is 1.50. The van der Waals surface area contributed by atoms with Crippen LogP contribution in [0.1, 0.15) is 10.5 Å². The van der Waals surface area contributed by atoms with E-state index in [9.17, 15) is 24.1 Å². The summed E-state index contributed by atoms with van der Waals surface area (Å²) in [6.45, 7) is 0. The molecule has 0 fully saturated rings. The summed E-state index contributed by atoms with van der Waals surface area (Å²) in [6.07, 6.45) is 1.09. The zero-order valence-corrected chi connectivity index (χ0v) is 9.69. The molecule has 0 bridgehead atoms. The largest absolute Gasteiger partial charge is 0.476 e. The first kappa shape index (κ1) is 13.3. The summed E-state index contributed by atoms with van der Waals surface area (Å²) in [5.74, 6) is -2.43. The Hall–Kier alpha value is -3.10. The number of hydrogen-bond donors (Lipinski definition) is 1. The molecule has 0 aliphatic carbocycles. The van der Waals surface area contributed by atoms with Gasteiger partial charge in [-0.3, -0.25) is 14.9 Å². The van der Waals surface area contributed by atoms with Crippen molar-refractivity contribution in [3.8, 4) is 5.69 Å². The van der Waals surface area contributed by atoms with Crippen LogP contribution in [-0.4, -0.2) is 25.8 Å². The monoisotopic (exact) mass is 279 g/mol. The standard InChI is InChI=1S/C11H6FN3O5/c12-6-3-7(5-8(4-6)15(19)20)14-2-1-9(16)10(13-14)11(17)18/h1-5H,(H,17,18). The van der Waals surface area contributed by atoms with Crippen LogP contribution in [0.5, 0.6) is 0 Å². The van der Waals surface area contributed by atoms with Gasteiger partial charge in [0.2, 0.25) is 11.1 Å². The lowest BCUT2D eigenvalue weighted by Crippen LogP contribution is -2.20. The predicted molar refractivity (Wildman–Crippen MR) is 63.4 cm³/mol. The maximum atomic E-state index is 13.3. The van der Waals surface area contributed by atoms with Crippen molar-refractivity contribution < 1.29 is 19.2 Å². The molecule has 0 amide bonds.